The van der Waals surface area contributed by atoms with Gasteiger partial charge in [0.1, 0.15) is 6.67 Å². The number of rotatable bonds is 6. The van der Waals surface area contributed by atoms with E-state index in [0.29, 0.717) is 0 Å². The molecule has 0 aliphatic heterocycles. The van der Waals surface area contributed by atoms with Crippen molar-refractivity contribution in [3.8, 4) is 0 Å². The van der Waals surface area contributed by atoms with Gasteiger partial charge >= 0.3 is 0 Å². The summed E-state index contributed by atoms with van der Waals surface area (Å²) in [6, 6.07) is 0. The zero-order chi connectivity index (χ0) is 11.4. The third-order valence-electron chi connectivity index (χ3n) is 2.73. The van der Waals surface area contributed by atoms with Crippen molar-refractivity contribution in [2.45, 2.75) is 45.8 Å². The van der Waals surface area contributed by atoms with Gasteiger partial charge in [0.15, 0.2) is 0 Å². The van der Waals surface area contributed by atoms with Crippen molar-refractivity contribution in [3.63, 3.8) is 0 Å². The topological polar surface area (TPSA) is 18.5 Å². The molecule has 0 amide bonds. The molecule has 0 rings (SSSR count). The summed E-state index contributed by atoms with van der Waals surface area (Å²) >= 11 is 0. The van der Waals surface area contributed by atoms with Gasteiger partial charge < -0.3 is 9.47 Å². The normalized spacial score (nSPS) is 15.6. The van der Waals surface area contributed by atoms with E-state index in [4.69, 9.17) is 9.47 Å². The predicted octanol–water partition coefficient (Wildman–Crippen LogP) is 2.81. The summed E-state index contributed by atoms with van der Waals surface area (Å²) in [6.45, 7) is 7.55. The van der Waals surface area contributed by atoms with Crippen LogP contribution in [0, 0.1) is 5.41 Å². The van der Waals surface area contributed by atoms with Crippen LogP contribution in [0.4, 0.5) is 4.39 Å². The first kappa shape index (κ1) is 13.8. The van der Waals surface area contributed by atoms with E-state index in [9.17, 15) is 4.39 Å². The molecule has 86 valence electrons. The molecule has 0 aliphatic rings. The van der Waals surface area contributed by atoms with E-state index in [2.05, 4.69) is 0 Å². The summed E-state index contributed by atoms with van der Waals surface area (Å²) in [5.41, 5.74) is -0.460. The molecule has 14 heavy (non-hydrogen) atoms. The third kappa shape index (κ3) is 3.93. The van der Waals surface area contributed by atoms with Gasteiger partial charge in [0.25, 0.3) is 0 Å². The summed E-state index contributed by atoms with van der Waals surface area (Å²) in [4.78, 5) is 0. The molecule has 0 bridgehead atoms. The minimum Gasteiger partial charge on any atom is -0.379 e. The summed E-state index contributed by atoms with van der Waals surface area (Å²) < 4.78 is 23.1. The van der Waals surface area contributed by atoms with E-state index in [1.165, 1.54) is 0 Å². The first-order chi connectivity index (χ1) is 6.29. The van der Waals surface area contributed by atoms with E-state index in [1.807, 2.05) is 27.7 Å². The zero-order valence-electron chi connectivity index (χ0n) is 10.2. The molecular formula is C11H23FO2. The lowest BCUT2D eigenvalue weighted by molar-refractivity contribution is -0.0700. The maximum Gasteiger partial charge on any atom is 0.116 e. The molecule has 1 atom stereocenters. The molecule has 3 heteroatoms. The summed E-state index contributed by atoms with van der Waals surface area (Å²) in [5, 5.41) is 0. The highest BCUT2D eigenvalue weighted by Gasteiger charge is 2.35. The monoisotopic (exact) mass is 206 g/mol. The SMILES string of the molecule is COC(CF)C(C)(C)CC(C)(C)OC. The molecular weight excluding hydrogens is 183 g/mol. The number of alkyl halides is 1. The molecule has 0 heterocycles. The fourth-order valence-corrected chi connectivity index (χ4v) is 1.87. The Balaban J connectivity index is 4.45. The van der Waals surface area contributed by atoms with Gasteiger partial charge in [-0.05, 0) is 25.7 Å². The van der Waals surface area contributed by atoms with Crippen molar-refractivity contribution in [2.24, 2.45) is 5.41 Å². The van der Waals surface area contributed by atoms with Crippen molar-refractivity contribution in [1.82, 2.24) is 0 Å². The van der Waals surface area contributed by atoms with Crippen LogP contribution in [0.5, 0.6) is 0 Å². The Labute approximate surface area is 86.8 Å². The van der Waals surface area contributed by atoms with Crippen molar-refractivity contribution >= 4 is 0 Å². The Morgan fingerprint density at radius 1 is 1.14 bits per heavy atom. The standard InChI is InChI=1S/C11H23FO2/c1-10(2,9(7-12)13-5)8-11(3,4)14-6/h9H,7-8H2,1-6H3. The quantitative estimate of drug-likeness (QED) is 0.665. The number of ether oxygens (including phenoxy) is 2. The maximum absolute atomic E-state index is 12.7. The largest absolute Gasteiger partial charge is 0.379 e. The zero-order valence-corrected chi connectivity index (χ0v) is 10.2. The van der Waals surface area contributed by atoms with E-state index in [1.54, 1.807) is 14.2 Å². The fourth-order valence-electron chi connectivity index (χ4n) is 1.87. The Kier molecular flexibility index (Phi) is 5.02. The Bertz CT molecular complexity index is 163. The van der Waals surface area contributed by atoms with E-state index in [0.717, 1.165) is 6.42 Å². The lowest BCUT2D eigenvalue weighted by Crippen LogP contribution is -2.40. The Hall–Kier alpha value is -0.150. The van der Waals surface area contributed by atoms with Crippen LogP contribution in [0.1, 0.15) is 34.1 Å². The van der Waals surface area contributed by atoms with Crippen molar-refractivity contribution in [3.05, 3.63) is 0 Å². The highest BCUT2D eigenvalue weighted by atomic mass is 19.1. The van der Waals surface area contributed by atoms with Crippen LogP contribution in [-0.4, -0.2) is 32.6 Å². The highest BCUT2D eigenvalue weighted by molar-refractivity contribution is 4.85. The molecule has 0 saturated heterocycles. The van der Waals surface area contributed by atoms with Crippen LogP contribution in [0.25, 0.3) is 0 Å². The van der Waals surface area contributed by atoms with E-state index in [-0.39, 0.29) is 17.1 Å². The van der Waals surface area contributed by atoms with Crippen LogP contribution in [0.3, 0.4) is 0 Å². The smallest absolute Gasteiger partial charge is 0.116 e. The van der Waals surface area contributed by atoms with Crippen molar-refractivity contribution < 1.29 is 13.9 Å². The summed E-state index contributed by atoms with van der Waals surface area (Å²) in [6.07, 6.45) is 0.399. The van der Waals surface area contributed by atoms with Crippen molar-refractivity contribution in [1.29, 1.82) is 0 Å². The van der Waals surface area contributed by atoms with Gasteiger partial charge in [0, 0.05) is 14.2 Å². The second kappa shape index (κ2) is 5.08. The van der Waals surface area contributed by atoms with Crippen LogP contribution in [0.15, 0.2) is 0 Å². The molecule has 0 radical (unpaired) electrons. The van der Waals surface area contributed by atoms with Gasteiger partial charge in [0.2, 0.25) is 0 Å². The van der Waals surface area contributed by atoms with Gasteiger partial charge in [-0.1, -0.05) is 13.8 Å². The van der Waals surface area contributed by atoms with Gasteiger partial charge in [0.05, 0.1) is 11.7 Å². The number of hydrogen-bond donors (Lipinski definition) is 0. The molecule has 0 fully saturated rings. The second-order valence-electron chi connectivity index (χ2n) is 5.01. The first-order valence-electron chi connectivity index (χ1n) is 4.93. The first-order valence-corrected chi connectivity index (χ1v) is 4.93. The lowest BCUT2D eigenvalue weighted by Gasteiger charge is -2.37. The molecule has 0 aliphatic carbocycles. The number of hydrogen-bond acceptors (Lipinski definition) is 2. The molecule has 1 unspecified atom stereocenters. The van der Waals surface area contributed by atoms with Crippen LogP contribution < -0.4 is 0 Å². The molecule has 0 spiro atoms. The van der Waals surface area contributed by atoms with Crippen LogP contribution >= 0.6 is 0 Å². The predicted molar refractivity (Wildman–Crippen MR) is 56.3 cm³/mol. The minimum atomic E-state index is -0.455. The molecule has 0 aromatic carbocycles. The van der Waals surface area contributed by atoms with E-state index < -0.39 is 6.67 Å². The molecule has 0 N–H and O–H groups in total. The average Bonchev–Trinajstić information content (AvgIpc) is 2.04. The number of methoxy groups -OCH3 is 2. The molecule has 2 nitrogen and oxygen atoms in total. The van der Waals surface area contributed by atoms with Gasteiger partial charge in [-0.2, -0.15) is 0 Å². The maximum atomic E-state index is 12.7. The van der Waals surface area contributed by atoms with Gasteiger partial charge in [-0.3, -0.25) is 0 Å². The minimum absolute atomic E-state index is 0.219. The third-order valence-corrected chi connectivity index (χ3v) is 2.73. The summed E-state index contributed by atoms with van der Waals surface area (Å²) in [7, 11) is 3.22. The summed E-state index contributed by atoms with van der Waals surface area (Å²) in [5.74, 6) is 0. The molecule has 0 aromatic heterocycles. The Morgan fingerprint density at radius 3 is 1.93 bits per heavy atom. The highest BCUT2D eigenvalue weighted by Crippen LogP contribution is 2.34. The molecule has 0 aromatic rings. The van der Waals surface area contributed by atoms with Gasteiger partial charge in [-0.15, -0.1) is 0 Å². The van der Waals surface area contributed by atoms with E-state index >= 15 is 0 Å². The second-order valence-corrected chi connectivity index (χ2v) is 5.01. The van der Waals surface area contributed by atoms with Crippen LogP contribution in [-0.2, 0) is 9.47 Å². The lowest BCUT2D eigenvalue weighted by atomic mass is 9.77. The Morgan fingerprint density at radius 2 is 1.64 bits per heavy atom. The average molecular weight is 206 g/mol. The van der Waals surface area contributed by atoms with Gasteiger partial charge in [-0.25, -0.2) is 4.39 Å². The fraction of sp³-hybridized carbons (Fsp3) is 1.00. The molecule has 0 saturated carbocycles. The number of halogens is 1. The van der Waals surface area contributed by atoms with Crippen molar-refractivity contribution in [2.75, 3.05) is 20.9 Å². The van der Waals surface area contributed by atoms with Crippen LogP contribution in [0.2, 0.25) is 0 Å².